The van der Waals surface area contributed by atoms with Gasteiger partial charge in [0, 0.05) is 57.0 Å². The fourth-order valence-corrected chi connectivity index (χ4v) is 5.30. The average molecular weight is 538 g/mol. The third kappa shape index (κ3) is 5.79. The Morgan fingerprint density at radius 3 is 2.74 bits per heavy atom. The number of amides is 2. The first-order chi connectivity index (χ1) is 18.8. The van der Waals surface area contributed by atoms with Crippen molar-refractivity contribution in [1.29, 1.82) is 0 Å². The summed E-state index contributed by atoms with van der Waals surface area (Å²) in [7, 11) is 3.48. The van der Waals surface area contributed by atoms with Crippen LogP contribution in [0, 0.1) is 18.6 Å². The quantitative estimate of drug-likeness (QED) is 0.451. The molecule has 39 heavy (non-hydrogen) atoms. The van der Waals surface area contributed by atoms with Crippen LogP contribution in [0.3, 0.4) is 0 Å². The van der Waals surface area contributed by atoms with Gasteiger partial charge in [-0.25, -0.2) is 18.3 Å². The van der Waals surface area contributed by atoms with Crippen LogP contribution in [-0.4, -0.2) is 69.9 Å². The van der Waals surface area contributed by atoms with Crippen LogP contribution in [0.25, 0.3) is 11.3 Å². The number of urea groups is 1. The maximum atomic E-state index is 14.1. The summed E-state index contributed by atoms with van der Waals surface area (Å²) < 4.78 is 36.5. The number of halogens is 2. The van der Waals surface area contributed by atoms with Gasteiger partial charge in [-0.2, -0.15) is 10.2 Å². The second-order valence-corrected chi connectivity index (χ2v) is 10.0. The lowest BCUT2D eigenvalue weighted by Gasteiger charge is -2.22. The predicted octanol–water partition coefficient (Wildman–Crippen LogP) is 4.16. The van der Waals surface area contributed by atoms with Gasteiger partial charge < -0.3 is 10.1 Å². The number of aryl methyl sites for hydroxylation is 1. The fourth-order valence-electron chi connectivity index (χ4n) is 5.30. The number of ether oxygens (including phenoxy) is 1. The van der Waals surface area contributed by atoms with Crippen molar-refractivity contribution < 1.29 is 18.3 Å². The van der Waals surface area contributed by atoms with Crippen molar-refractivity contribution in [3.05, 3.63) is 77.7 Å². The molecule has 0 bridgehead atoms. The average Bonchev–Trinajstić information content (AvgIpc) is 3.62. The molecule has 1 fully saturated rings. The van der Waals surface area contributed by atoms with Crippen LogP contribution in [0.4, 0.5) is 19.4 Å². The highest BCUT2D eigenvalue weighted by Gasteiger charge is 2.35. The molecule has 0 spiro atoms. The Morgan fingerprint density at radius 2 is 2.05 bits per heavy atom. The number of benzene rings is 1. The number of anilines is 1. The summed E-state index contributed by atoms with van der Waals surface area (Å²) in [6.45, 7) is 4.26. The number of likely N-dealkylation sites (tertiary alicyclic amines) is 1. The Kier molecular flexibility index (Phi) is 7.89. The Balaban J connectivity index is 1.40. The Labute approximate surface area is 226 Å². The molecule has 11 heteroatoms. The minimum Gasteiger partial charge on any atom is -0.383 e. The molecule has 1 aliphatic heterocycles. The summed E-state index contributed by atoms with van der Waals surface area (Å²) in [6.07, 6.45) is 12.5. The van der Waals surface area contributed by atoms with E-state index in [1.54, 1.807) is 24.1 Å². The normalized spacial score (nSPS) is 21.0. The Bertz CT molecular complexity index is 1400. The van der Waals surface area contributed by atoms with Crippen molar-refractivity contribution in [3.8, 4) is 11.3 Å². The molecule has 5 rings (SSSR count). The summed E-state index contributed by atoms with van der Waals surface area (Å²) in [5.74, 6) is -1.42. The van der Waals surface area contributed by atoms with Crippen molar-refractivity contribution in [3.63, 3.8) is 0 Å². The van der Waals surface area contributed by atoms with Crippen LogP contribution in [-0.2, 0) is 11.8 Å². The number of rotatable bonds is 8. The molecule has 1 unspecified atom stereocenters. The largest absolute Gasteiger partial charge is 0.383 e. The van der Waals surface area contributed by atoms with Gasteiger partial charge in [-0.05, 0) is 31.0 Å². The van der Waals surface area contributed by atoms with E-state index in [2.05, 4.69) is 26.7 Å². The second-order valence-electron chi connectivity index (χ2n) is 10.0. The van der Waals surface area contributed by atoms with Crippen LogP contribution < -0.4 is 10.6 Å². The van der Waals surface area contributed by atoms with Crippen LogP contribution in [0.1, 0.15) is 29.5 Å². The van der Waals surface area contributed by atoms with Crippen molar-refractivity contribution in [1.82, 2.24) is 29.8 Å². The number of nitrogens with zero attached hydrogens (tertiary/aromatic N) is 5. The standard InChI is InChI=1S/C28H33F2N7O2/c1-18-26(20-14-31-35(2)15-20)34-37(21-7-5-4-6-8-21)27(18)33-28(38)32-25-17-36(11-12-39-3)16-22(25)19-9-10-23(29)24(30)13-19/h4-7,9-10,13-15,21-22,25H,8,11-12,16-17H2,1-3H3,(H2,32,33,38)/t21?,22-,25+/m0/s1. The molecule has 3 aromatic rings. The monoisotopic (exact) mass is 537 g/mol. The van der Waals surface area contributed by atoms with E-state index in [1.807, 2.05) is 43.1 Å². The van der Waals surface area contributed by atoms with E-state index in [0.717, 1.165) is 29.3 Å². The van der Waals surface area contributed by atoms with Crippen molar-refractivity contribution >= 4 is 11.8 Å². The number of carbonyl (C=O) groups is 1. The first kappa shape index (κ1) is 26.8. The van der Waals surface area contributed by atoms with Crippen LogP contribution in [0.5, 0.6) is 0 Å². The van der Waals surface area contributed by atoms with Crippen molar-refractivity contribution in [2.75, 3.05) is 38.7 Å². The maximum Gasteiger partial charge on any atom is 0.320 e. The van der Waals surface area contributed by atoms with Crippen molar-refractivity contribution in [2.45, 2.75) is 31.3 Å². The second kappa shape index (κ2) is 11.5. The zero-order valence-corrected chi connectivity index (χ0v) is 22.3. The summed E-state index contributed by atoms with van der Waals surface area (Å²) in [5, 5.41) is 15.3. The molecule has 3 atom stereocenters. The van der Waals surface area contributed by atoms with Gasteiger partial charge in [0.05, 0.1) is 24.9 Å². The Hall–Kier alpha value is -3.83. The number of carbonyl (C=O) groups excluding carboxylic acids is 1. The molecule has 206 valence electrons. The zero-order chi connectivity index (χ0) is 27.5. The highest BCUT2D eigenvalue weighted by atomic mass is 19.2. The molecule has 0 saturated carbocycles. The van der Waals surface area contributed by atoms with Gasteiger partial charge in [0.25, 0.3) is 0 Å². The highest BCUT2D eigenvalue weighted by Crippen LogP contribution is 2.33. The molecular weight excluding hydrogens is 504 g/mol. The summed E-state index contributed by atoms with van der Waals surface area (Å²) in [5.41, 5.74) is 3.06. The molecule has 2 aliphatic rings. The van der Waals surface area contributed by atoms with Gasteiger partial charge in [0.15, 0.2) is 11.6 Å². The molecule has 0 radical (unpaired) electrons. The zero-order valence-electron chi connectivity index (χ0n) is 22.3. The van der Waals surface area contributed by atoms with E-state index in [4.69, 9.17) is 9.84 Å². The lowest BCUT2D eigenvalue weighted by molar-refractivity contribution is 0.159. The number of hydrogen-bond donors (Lipinski definition) is 2. The van der Waals surface area contributed by atoms with Crippen molar-refractivity contribution in [2.24, 2.45) is 7.05 Å². The first-order valence-corrected chi connectivity index (χ1v) is 13.0. The number of allylic oxidation sites excluding steroid dienone is 4. The molecule has 1 aromatic carbocycles. The third-order valence-corrected chi connectivity index (χ3v) is 7.33. The molecule has 2 N–H and O–H groups in total. The van der Waals surface area contributed by atoms with Crippen LogP contribution in [0.15, 0.2) is 54.9 Å². The highest BCUT2D eigenvalue weighted by molar-refractivity contribution is 5.90. The molecule has 9 nitrogen and oxygen atoms in total. The third-order valence-electron chi connectivity index (χ3n) is 7.33. The lowest BCUT2D eigenvalue weighted by atomic mass is 9.94. The van der Waals surface area contributed by atoms with Gasteiger partial charge >= 0.3 is 6.03 Å². The van der Waals surface area contributed by atoms with Crippen LogP contribution in [0.2, 0.25) is 0 Å². The predicted molar refractivity (Wildman–Crippen MR) is 144 cm³/mol. The van der Waals surface area contributed by atoms with Gasteiger partial charge in [-0.1, -0.05) is 30.4 Å². The minimum absolute atomic E-state index is 0.0552. The molecule has 3 heterocycles. The minimum atomic E-state index is -0.900. The van der Waals surface area contributed by atoms with E-state index < -0.39 is 17.7 Å². The smallest absolute Gasteiger partial charge is 0.320 e. The maximum absolute atomic E-state index is 14.1. The Morgan fingerprint density at radius 1 is 1.21 bits per heavy atom. The SMILES string of the molecule is COCCN1C[C@@H](NC(=O)Nc2c(C)c(-c3cnn(C)c3)nn2C2C=CC=CC2)[C@H](c2ccc(F)c(F)c2)C1. The van der Waals surface area contributed by atoms with E-state index in [0.29, 0.717) is 37.6 Å². The van der Waals surface area contributed by atoms with E-state index >= 15 is 0 Å². The molecule has 1 saturated heterocycles. The molecular formula is C28H33F2N7O2. The number of aromatic nitrogens is 4. The molecule has 2 aromatic heterocycles. The lowest BCUT2D eigenvalue weighted by Crippen LogP contribution is -2.42. The van der Waals surface area contributed by atoms with Gasteiger partial charge in [0.2, 0.25) is 0 Å². The van der Waals surface area contributed by atoms with E-state index in [9.17, 15) is 13.6 Å². The number of hydrogen-bond acceptors (Lipinski definition) is 5. The summed E-state index contributed by atoms with van der Waals surface area (Å²) in [6, 6.07) is 3.16. The van der Waals surface area contributed by atoms with Crippen LogP contribution >= 0.6 is 0 Å². The number of methoxy groups -OCH3 is 1. The van der Waals surface area contributed by atoms with E-state index in [-0.39, 0.29) is 18.0 Å². The fraction of sp³-hybridized carbons (Fsp3) is 0.393. The van der Waals surface area contributed by atoms with Gasteiger partial charge in [0.1, 0.15) is 11.5 Å². The molecule has 2 amide bonds. The summed E-state index contributed by atoms with van der Waals surface area (Å²) >= 11 is 0. The first-order valence-electron chi connectivity index (χ1n) is 13.0. The summed E-state index contributed by atoms with van der Waals surface area (Å²) in [4.78, 5) is 15.6. The van der Waals surface area contributed by atoms with E-state index in [1.165, 1.54) is 6.07 Å². The molecule has 1 aliphatic carbocycles. The topological polar surface area (TPSA) is 89.2 Å². The van der Waals surface area contributed by atoms with Gasteiger partial charge in [-0.15, -0.1) is 0 Å². The number of nitrogens with one attached hydrogen (secondary N) is 2. The van der Waals surface area contributed by atoms with Gasteiger partial charge in [-0.3, -0.25) is 14.9 Å².